The number of benzene rings is 1. The van der Waals surface area contributed by atoms with Gasteiger partial charge in [-0.25, -0.2) is 4.98 Å². The highest BCUT2D eigenvalue weighted by atomic mass is 35.5. The zero-order valence-corrected chi connectivity index (χ0v) is 14.5. The van der Waals surface area contributed by atoms with Crippen LogP contribution in [0, 0.1) is 0 Å². The van der Waals surface area contributed by atoms with E-state index in [2.05, 4.69) is 15.3 Å². The number of amides is 1. The third-order valence-corrected chi connectivity index (χ3v) is 4.02. The number of rotatable bonds is 4. The highest BCUT2D eigenvalue weighted by Crippen LogP contribution is 2.21. The molecule has 0 saturated carbocycles. The molecule has 3 rings (SSSR count). The molecule has 0 aliphatic carbocycles. The van der Waals surface area contributed by atoms with Gasteiger partial charge in [-0.15, -0.1) is 0 Å². The van der Waals surface area contributed by atoms with E-state index in [1.165, 1.54) is 12.3 Å². The van der Waals surface area contributed by atoms with Crippen molar-refractivity contribution in [2.45, 2.75) is 0 Å². The lowest BCUT2D eigenvalue weighted by Gasteiger charge is -2.06. The molecule has 0 bridgehead atoms. The van der Waals surface area contributed by atoms with E-state index in [1.54, 1.807) is 12.3 Å². The van der Waals surface area contributed by atoms with Gasteiger partial charge in [-0.2, -0.15) is 0 Å². The fraction of sp³-hybridized carbons (Fsp3) is 0. The van der Waals surface area contributed by atoms with Crippen LogP contribution in [-0.2, 0) is 0 Å². The molecule has 25 heavy (non-hydrogen) atoms. The molecule has 1 amide bonds. The summed E-state index contributed by atoms with van der Waals surface area (Å²) in [7, 11) is 0. The van der Waals surface area contributed by atoms with Crippen LogP contribution in [-0.4, -0.2) is 15.9 Å². The molecular formula is C19H13Cl2N3O. The average molecular weight is 370 g/mol. The molecule has 4 nitrogen and oxygen atoms in total. The molecule has 1 N–H and O–H groups in total. The lowest BCUT2D eigenvalue weighted by molar-refractivity contribution is 0.102. The summed E-state index contributed by atoms with van der Waals surface area (Å²) < 4.78 is 0. The second-order valence-electron chi connectivity index (χ2n) is 5.16. The molecule has 2 aromatic heterocycles. The van der Waals surface area contributed by atoms with Gasteiger partial charge in [-0.05, 0) is 42.0 Å². The molecule has 0 aliphatic heterocycles. The molecule has 0 atom stereocenters. The first-order valence-corrected chi connectivity index (χ1v) is 8.19. The van der Waals surface area contributed by atoms with Gasteiger partial charge < -0.3 is 5.32 Å². The minimum atomic E-state index is -0.308. The Morgan fingerprint density at radius 3 is 2.64 bits per heavy atom. The number of nitrogens with one attached hydrogen (secondary N) is 1. The van der Waals surface area contributed by atoms with E-state index in [1.807, 2.05) is 48.6 Å². The van der Waals surface area contributed by atoms with Crippen molar-refractivity contribution in [3.8, 4) is 0 Å². The quantitative estimate of drug-likeness (QED) is 0.642. The van der Waals surface area contributed by atoms with Crippen LogP contribution in [0.1, 0.15) is 21.6 Å². The van der Waals surface area contributed by atoms with E-state index >= 15 is 0 Å². The first-order chi connectivity index (χ1) is 12.1. The molecule has 0 spiro atoms. The van der Waals surface area contributed by atoms with Crippen LogP contribution in [0.4, 0.5) is 5.69 Å². The van der Waals surface area contributed by atoms with Crippen LogP contribution >= 0.6 is 23.2 Å². The SMILES string of the molecule is O=C(Nc1cccc(/C=C/c2ccccn2)c1)c1cnc(Cl)c(Cl)c1. The Labute approximate surface area is 155 Å². The molecular weight excluding hydrogens is 357 g/mol. The number of carbonyl (C=O) groups excluding carboxylic acids is 1. The van der Waals surface area contributed by atoms with Crippen LogP contribution in [0.5, 0.6) is 0 Å². The Morgan fingerprint density at radius 1 is 1.00 bits per heavy atom. The molecule has 0 aliphatic rings. The Balaban J connectivity index is 1.74. The van der Waals surface area contributed by atoms with Crippen LogP contribution < -0.4 is 5.32 Å². The minimum Gasteiger partial charge on any atom is -0.322 e. The Morgan fingerprint density at radius 2 is 1.88 bits per heavy atom. The van der Waals surface area contributed by atoms with E-state index in [0.717, 1.165) is 11.3 Å². The second-order valence-corrected chi connectivity index (χ2v) is 5.93. The Hall–Kier alpha value is -2.69. The number of nitrogens with zero attached hydrogens (tertiary/aromatic N) is 2. The van der Waals surface area contributed by atoms with Crippen molar-refractivity contribution in [1.29, 1.82) is 0 Å². The van der Waals surface area contributed by atoms with Crippen molar-refractivity contribution in [2.75, 3.05) is 5.32 Å². The summed E-state index contributed by atoms with van der Waals surface area (Å²) in [4.78, 5) is 20.4. The molecule has 124 valence electrons. The summed E-state index contributed by atoms with van der Waals surface area (Å²) in [6.45, 7) is 0. The van der Waals surface area contributed by atoms with E-state index in [9.17, 15) is 4.79 Å². The third kappa shape index (κ3) is 4.66. The van der Waals surface area contributed by atoms with Crippen molar-refractivity contribution in [3.05, 3.63) is 87.9 Å². The van der Waals surface area contributed by atoms with Gasteiger partial charge in [0.05, 0.1) is 16.3 Å². The first kappa shape index (κ1) is 17.1. The van der Waals surface area contributed by atoms with Crippen LogP contribution in [0.15, 0.2) is 60.9 Å². The largest absolute Gasteiger partial charge is 0.322 e. The fourth-order valence-corrected chi connectivity index (χ4v) is 2.39. The predicted octanol–water partition coefficient (Wildman–Crippen LogP) is 5.21. The number of carbonyl (C=O) groups is 1. The summed E-state index contributed by atoms with van der Waals surface area (Å²) in [6.07, 6.45) is 6.96. The fourth-order valence-electron chi connectivity index (χ4n) is 2.12. The highest BCUT2D eigenvalue weighted by Gasteiger charge is 2.09. The summed E-state index contributed by atoms with van der Waals surface area (Å²) in [5.74, 6) is -0.308. The van der Waals surface area contributed by atoms with Crippen molar-refractivity contribution in [2.24, 2.45) is 0 Å². The van der Waals surface area contributed by atoms with Gasteiger partial charge in [0, 0.05) is 18.1 Å². The second kappa shape index (κ2) is 7.92. The van der Waals surface area contributed by atoms with Gasteiger partial charge >= 0.3 is 0 Å². The van der Waals surface area contributed by atoms with E-state index in [0.29, 0.717) is 11.3 Å². The number of aromatic nitrogens is 2. The van der Waals surface area contributed by atoms with Crippen LogP contribution in [0.2, 0.25) is 10.2 Å². The number of anilines is 1. The molecule has 2 heterocycles. The number of hydrogen-bond donors (Lipinski definition) is 1. The summed E-state index contributed by atoms with van der Waals surface area (Å²) >= 11 is 11.7. The van der Waals surface area contributed by atoms with E-state index in [4.69, 9.17) is 23.2 Å². The zero-order chi connectivity index (χ0) is 17.6. The number of pyridine rings is 2. The monoisotopic (exact) mass is 369 g/mol. The Bertz CT molecular complexity index is 927. The number of halogens is 2. The van der Waals surface area contributed by atoms with E-state index < -0.39 is 0 Å². The lowest BCUT2D eigenvalue weighted by Crippen LogP contribution is -2.12. The smallest absolute Gasteiger partial charge is 0.257 e. The first-order valence-electron chi connectivity index (χ1n) is 7.43. The van der Waals surface area contributed by atoms with Crippen molar-refractivity contribution in [1.82, 2.24) is 9.97 Å². The molecule has 0 unspecified atom stereocenters. The number of hydrogen-bond acceptors (Lipinski definition) is 3. The summed E-state index contributed by atoms with van der Waals surface area (Å²) in [6, 6.07) is 14.7. The predicted molar refractivity (Wildman–Crippen MR) is 102 cm³/mol. The van der Waals surface area contributed by atoms with Gasteiger partial charge in [0.15, 0.2) is 0 Å². The Kier molecular flexibility index (Phi) is 5.43. The highest BCUT2D eigenvalue weighted by molar-refractivity contribution is 6.41. The average Bonchev–Trinajstić information content (AvgIpc) is 2.63. The maximum Gasteiger partial charge on any atom is 0.257 e. The van der Waals surface area contributed by atoms with Crippen molar-refractivity contribution in [3.63, 3.8) is 0 Å². The minimum absolute atomic E-state index is 0.167. The maximum atomic E-state index is 12.3. The van der Waals surface area contributed by atoms with Gasteiger partial charge in [-0.1, -0.05) is 47.5 Å². The molecule has 3 aromatic rings. The van der Waals surface area contributed by atoms with E-state index in [-0.39, 0.29) is 16.1 Å². The van der Waals surface area contributed by atoms with Gasteiger partial charge in [0.1, 0.15) is 5.15 Å². The standard InChI is InChI=1S/C19H13Cl2N3O/c20-17-11-14(12-23-18(17)21)19(25)24-16-6-3-4-13(10-16)7-8-15-5-1-2-9-22-15/h1-12H,(H,24,25)/b8-7+. The van der Waals surface area contributed by atoms with Gasteiger partial charge in [0.25, 0.3) is 5.91 Å². The van der Waals surface area contributed by atoms with Gasteiger partial charge in [-0.3, -0.25) is 9.78 Å². The molecule has 0 radical (unpaired) electrons. The molecule has 6 heteroatoms. The lowest BCUT2D eigenvalue weighted by atomic mass is 10.1. The summed E-state index contributed by atoms with van der Waals surface area (Å²) in [5, 5.41) is 3.22. The van der Waals surface area contributed by atoms with Gasteiger partial charge in [0.2, 0.25) is 0 Å². The molecule has 1 aromatic carbocycles. The molecule has 0 saturated heterocycles. The normalized spacial score (nSPS) is 10.8. The third-order valence-electron chi connectivity index (χ3n) is 3.34. The maximum absolute atomic E-state index is 12.3. The van der Waals surface area contributed by atoms with Crippen LogP contribution in [0.25, 0.3) is 12.2 Å². The zero-order valence-electron chi connectivity index (χ0n) is 13.0. The van der Waals surface area contributed by atoms with Crippen molar-refractivity contribution < 1.29 is 4.79 Å². The summed E-state index contributed by atoms with van der Waals surface area (Å²) in [5.41, 5.74) is 2.80. The molecule has 0 fully saturated rings. The topological polar surface area (TPSA) is 54.9 Å². The van der Waals surface area contributed by atoms with Crippen LogP contribution in [0.3, 0.4) is 0 Å². The van der Waals surface area contributed by atoms with Crippen molar-refractivity contribution >= 4 is 46.9 Å².